The van der Waals surface area contributed by atoms with Gasteiger partial charge in [0.1, 0.15) is 23.1 Å². The molecule has 1 aromatic heterocycles. The fourth-order valence-corrected chi connectivity index (χ4v) is 7.56. The van der Waals surface area contributed by atoms with Crippen LogP contribution in [0.3, 0.4) is 0 Å². The van der Waals surface area contributed by atoms with Crippen LogP contribution in [-0.2, 0) is 31.0 Å². The number of amides is 3. The molecule has 0 saturated carbocycles. The summed E-state index contributed by atoms with van der Waals surface area (Å²) in [6, 6.07) is 11.5. The molecule has 0 aliphatic carbocycles. The Morgan fingerprint density at radius 3 is 2.57 bits per heavy atom. The summed E-state index contributed by atoms with van der Waals surface area (Å²) < 4.78 is 38.3. The lowest BCUT2D eigenvalue weighted by Gasteiger charge is -2.51. The maximum Gasteiger partial charge on any atom is 0.407 e. The van der Waals surface area contributed by atoms with E-state index < -0.39 is 27.7 Å². The van der Waals surface area contributed by atoms with Crippen molar-refractivity contribution >= 4 is 50.6 Å². The van der Waals surface area contributed by atoms with Gasteiger partial charge in [-0.1, -0.05) is 48.9 Å². The zero-order chi connectivity index (χ0) is 31.3. The van der Waals surface area contributed by atoms with Gasteiger partial charge in [-0.3, -0.25) is 9.59 Å². The lowest BCUT2D eigenvalue weighted by atomic mass is 9.81. The number of carbonyl (C=O) groups is 3. The Hall–Kier alpha value is -3.75. The Morgan fingerprint density at radius 2 is 1.84 bits per heavy atom. The van der Waals surface area contributed by atoms with Crippen molar-refractivity contribution in [2.24, 2.45) is 0 Å². The SMILES string of the molecule is CCCN1C(=O)[C@H](CCCCNC(=O)OCc2ccccc2)NC(=O)C12CCN(S(=O)(=O)c1ccc(Cl)c3nonc13)CC2. The molecule has 0 radical (unpaired) electrons. The topological polar surface area (TPSA) is 164 Å². The third kappa shape index (κ3) is 6.37. The molecule has 15 heteroatoms. The van der Waals surface area contributed by atoms with Crippen molar-refractivity contribution in [3.63, 3.8) is 0 Å². The van der Waals surface area contributed by atoms with Crippen LogP contribution in [0.4, 0.5) is 4.79 Å². The maximum atomic E-state index is 13.6. The van der Waals surface area contributed by atoms with Crippen LogP contribution in [0, 0.1) is 0 Å². The molecule has 2 saturated heterocycles. The molecule has 2 aliphatic heterocycles. The molecule has 44 heavy (non-hydrogen) atoms. The molecule has 3 heterocycles. The predicted molar refractivity (Wildman–Crippen MR) is 160 cm³/mol. The Bertz CT molecular complexity index is 1610. The molecular weight excluding hydrogens is 612 g/mol. The Kier molecular flexibility index (Phi) is 9.71. The van der Waals surface area contributed by atoms with Crippen LogP contribution < -0.4 is 10.6 Å². The van der Waals surface area contributed by atoms with Crippen LogP contribution in [-0.4, -0.2) is 83.6 Å². The zero-order valence-corrected chi connectivity index (χ0v) is 25.9. The number of unbranched alkanes of at least 4 members (excludes halogenated alkanes) is 1. The number of fused-ring (bicyclic) bond motifs is 1. The number of benzene rings is 2. The number of nitrogens with zero attached hydrogens (tertiary/aromatic N) is 4. The van der Waals surface area contributed by atoms with E-state index in [-0.39, 0.29) is 65.3 Å². The van der Waals surface area contributed by atoms with Gasteiger partial charge in [0.25, 0.3) is 0 Å². The normalized spacial score (nSPS) is 18.9. The standard InChI is InChI=1S/C29H35ClN6O7S/c1-2-16-36-26(37)22(10-6-7-15-31-28(39)42-19-20-8-4-3-5-9-20)32-27(38)29(36)13-17-35(18-14-29)44(40,41)23-12-11-21(30)24-25(23)34-43-33-24/h3-5,8-9,11-12,22H,2,6-7,10,13-19H2,1H3,(H,31,39)(H,32,38)/t22-/m0/s1. The number of rotatable bonds is 11. The number of halogens is 1. The van der Waals surface area contributed by atoms with Gasteiger partial charge in [-0.15, -0.1) is 0 Å². The largest absolute Gasteiger partial charge is 0.445 e. The fraction of sp³-hybridized carbons (Fsp3) is 0.483. The summed E-state index contributed by atoms with van der Waals surface area (Å²) in [6.07, 6.45) is 2.05. The van der Waals surface area contributed by atoms with Crippen LogP contribution in [0.5, 0.6) is 0 Å². The number of hydrogen-bond donors (Lipinski definition) is 2. The molecule has 2 aromatic carbocycles. The van der Waals surface area contributed by atoms with Crippen LogP contribution in [0.15, 0.2) is 52.0 Å². The molecule has 5 rings (SSSR count). The van der Waals surface area contributed by atoms with Gasteiger partial charge in [-0.05, 0) is 66.5 Å². The van der Waals surface area contributed by atoms with Gasteiger partial charge in [0, 0.05) is 26.2 Å². The van der Waals surface area contributed by atoms with Gasteiger partial charge in [0.15, 0.2) is 11.0 Å². The van der Waals surface area contributed by atoms with Gasteiger partial charge >= 0.3 is 6.09 Å². The van der Waals surface area contributed by atoms with Crippen molar-refractivity contribution < 1.29 is 32.2 Å². The van der Waals surface area contributed by atoms with Crippen molar-refractivity contribution in [3.05, 3.63) is 53.1 Å². The van der Waals surface area contributed by atoms with Gasteiger partial charge in [-0.25, -0.2) is 17.8 Å². The second-order valence-corrected chi connectivity index (χ2v) is 13.3. The second kappa shape index (κ2) is 13.5. The highest BCUT2D eigenvalue weighted by Gasteiger charge is 2.54. The first-order chi connectivity index (χ1) is 21.2. The van der Waals surface area contributed by atoms with E-state index in [1.807, 2.05) is 37.3 Å². The molecular formula is C29H35ClN6O7S. The molecule has 2 fully saturated rings. The van der Waals surface area contributed by atoms with E-state index in [0.717, 1.165) is 5.56 Å². The minimum Gasteiger partial charge on any atom is -0.445 e. The molecule has 3 aromatic rings. The highest BCUT2D eigenvalue weighted by atomic mass is 35.5. The van der Waals surface area contributed by atoms with E-state index >= 15 is 0 Å². The average molecular weight is 647 g/mol. The minimum absolute atomic E-state index is 0.0371. The van der Waals surface area contributed by atoms with Gasteiger partial charge in [0.05, 0.1) is 5.02 Å². The summed E-state index contributed by atoms with van der Waals surface area (Å²) in [6.45, 7) is 2.94. The zero-order valence-electron chi connectivity index (χ0n) is 24.3. The molecule has 13 nitrogen and oxygen atoms in total. The smallest absolute Gasteiger partial charge is 0.407 e. The fourth-order valence-electron chi connectivity index (χ4n) is 5.81. The lowest BCUT2D eigenvalue weighted by molar-refractivity contribution is -0.160. The molecule has 236 valence electrons. The third-order valence-corrected chi connectivity index (χ3v) is 10.4. The summed E-state index contributed by atoms with van der Waals surface area (Å²) in [7, 11) is -4.01. The number of ether oxygens (including phenoxy) is 1. The first-order valence-corrected chi connectivity index (χ1v) is 16.5. The number of alkyl carbamates (subject to hydrolysis) is 1. The molecule has 1 atom stereocenters. The van der Waals surface area contributed by atoms with Crippen molar-refractivity contribution in [1.29, 1.82) is 0 Å². The molecule has 3 amide bonds. The molecule has 0 unspecified atom stereocenters. The van der Waals surface area contributed by atoms with Gasteiger partial charge < -0.3 is 20.3 Å². The van der Waals surface area contributed by atoms with E-state index in [4.69, 9.17) is 21.0 Å². The van der Waals surface area contributed by atoms with Crippen molar-refractivity contribution in [2.75, 3.05) is 26.2 Å². The molecule has 1 spiro atoms. The van der Waals surface area contributed by atoms with E-state index in [9.17, 15) is 22.8 Å². The number of hydrogen-bond acceptors (Lipinski definition) is 9. The summed E-state index contributed by atoms with van der Waals surface area (Å²) >= 11 is 6.11. The predicted octanol–water partition coefficient (Wildman–Crippen LogP) is 3.23. The van der Waals surface area contributed by atoms with Crippen LogP contribution >= 0.6 is 11.6 Å². The maximum absolute atomic E-state index is 13.6. The van der Waals surface area contributed by atoms with Crippen LogP contribution in [0.2, 0.25) is 5.02 Å². The van der Waals surface area contributed by atoms with Crippen molar-refractivity contribution in [1.82, 2.24) is 30.2 Å². The number of carbonyl (C=O) groups excluding carboxylic acids is 3. The highest BCUT2D eigenvalue weighted by Crippen LogP contribution is 2.37. The highest BCUT2D eigenvalue weighted by molar-refractivity contribution is 7.89. The molecule has 0 bridgehead atoms. The van der Waals surface area contributed by atoms with E-state index in [0.29, 0.717) is 38.8 Å². The van der Waals surface area contributed by atoms with Gasteiger partial charge in [0.2, 0.25) is 21.8 Å². The molecule has 2 N–H and O–H groups in total. The average Bonchev–Trinajstić information content (AvgIpc) is 3.52. The van der Waals surface area contributed by atoms with E-state index in [2.05, 4.69) is 20.9 Å². The Labute approximate surface area is 260 Å². The number of nitrogens with one attached hydrogen (secondary N) is 2. The van der Waals surface area contributed by atoms with Crippen molar-refractivity contribution in [3.8, 4) is 0 Å². The summed E-state index contributed by atoms with van der Waals surface area (Å²) in [4.78, 5) is 40.8. The third-order valence-electron chi connectivity index (χ3n) is 8.15. The monoisotopic (exact) mass is 646 g/mol. The lowest BCUT2D eigenvalue weighted by Crippen LogP contribution is -2.73. The molecule has 2 aliphatic rings. The number of aromatic nitrogens is 2. The minimum atomic E-state index is -4.01. The van der Waals surface area contributed by atoms with E-state index in [1.54, 1.807) is 4.90 Å². The second-order valence-electron chi connectivity index (χ2n) is 10.9. The summed E-state index contributed by atoms with van der Waals surface area (Å²) in [5.41, 5.74) is -0.0525. The first-order valence-electron chi connectivity index (χ1n) is 14.7. The number of piperazine rings is 1. The summed E-state index contributed by atoms with van der Waals surface area (Å²) in [5, 5.41) is 13.3. The van der Waals surface area contributed by atoms with Crippen LogP contribution in [0.25, 0.3) is 11.0 Å². The number of sulfonamides is 1. The Morgan fingerprint density at radius 1 is 1.11 bits per heavy atom. The van der Waals surface area contributed by atoms with Crippen LogP contribution in [0.1, 0.15) is 51.0 Å². The van der Waals surface area contributed by atoms with Gasteiger partial charge in [-0.2, -0.15) is 4.31 Å². The Balaban J connectivity index is 1.15. The number of piperidine rings is 1. The summed E-state index contributed by atoms with van der Waals surface area (Å²) in [5.74, 6) is -0.448. The quantitative estimate of drug-likeness (QED) is 0.298. The first kappa shape index (κ1) is 31.7. The van der Waals surface area contributed by atoms with Crippen molar-refractivity contribution in [2.45, 2.75) is 68.5 Å². The van der Waals surface area contributed by atoms with E-state index in [1.165, 1.54) is 16.4 Å².